The van der Waals surface area contributed by atoms with Crippen molar-refractivity contribution < 1.29 is 0 Å². The van der Waals surface area contributed by atoms with Gasteiger partial charge in [0.25, 0.3) is 0 Å². The van der Waals surface area contributed by atoms with Crippen LogP contribution in [0.2, 0.25) is 0 Å². The maximum Gasteiger partial charge on any atom is 0.227 e. The van der Waals surface area contributed by atoms with Gasteiger partial charge < -0.3 is 4.90 Å². The molecule has 3 rings (SSSR count). The summed E-state index contributed by atoms with van der Waals surface area (Å²) in [5.74, 6) is 0.625. The number of hydrogen-bond acceptors (Lipinski definition) is 4. The lowest BCUT2D eigenvalue weighted by Gasteiger charge is -2.14. The Balaban J connectivity index is 1.92. The van der Waals surface area contributed by atoms with E-state index in [4.69, 9.17) is 5.26 Å². The zero-order valence-electron chi connectivity index (χ0n) is 9.17. The van der Waals surface area contributed by atoms with Crippen LogP contribution in [-0.4, -0.2) is 9.97 Å². The molecule has 1 aliphatic heterocycles. The first-order valence-electron chi connectivity index (χ1n) is 5.42. The molecule has 82 valence electrons. The fourth-order valence-electron chi connectivity index (χ4n) is 2.04. The third-order valence-electron chi connectivity index (χ3n) is 2.88. The molecule has 17 heavy (non-hydrogen) atoms. The summed E-state index contributed by atoms with van der Waals surface area (Å²) in [4.78, 5) is 10.5. The second kappa shape index (κ2) is 3.87. The van der Waals surface area contributed by atoms with Crippen molar-refractivity contribution in [2.45, 2.75) is 13.1 Å². The van der Waals surface area contributed by atoms with Crippen molar-refractivity contribution in [3.8, 4) is 6.07 Å². The second-order valence-electron chi connectivity index (χ2n) is 3.98. The minimum absolute atomic E-state index is 0.408. The van der Waals surface area contributed by atoms with Crippen molar-refractivity contribution in [2.24, 2.45) is 0 Å². The zero-order valence-corrected chi connectivity index (χ0v) is 9.17. The molecule has 0 bridgehead atoms. The van der Waals surface area contributed by atoms with Crippen LogP contribution in [0.3, 0.4) is 0 Å². The van der Waals surface area contributed by atoms with E-state index in [-0.39, 0.29) is 0 Å². The van der Waals surface area contributed by atoms with Crippen molar-refractivity contribution in [1.29, 1.82) is 5.26 Å². The van der Waals surface area contributed by atoms with Crippen molar-refractivity contribution in [2.75, 3.05) is 4.90 Å². The van der Waals surface area contributed by atoms with E-state index in [1.807, 2.05) is 18.2 Å². The maximum absolute atomic E-state index is 8.82. The molecule has 1 aromatic carbocycles. The first kappa shape index (κ1) is 9.79. The SMILES string of the molecule is N#Cc1ccnc(N2Cc3ccccc3C2)n1. The summed E-state index contributed by atoms with van der Waals surface area (Å²) in [6.07, 6.45) is 1.63. The molecule has 0 atom stereocenters. The molecule has 0 aliphatic carbocycles. The summed E-state index contributed by atoms with van der Waals surface area (Å²) >= 11 is 0. The molecule has 0 amide bonds. The number of nitriles is 1. The van der Waals surface area contributed by atoms with Gasteiger partial charge in [-0.3, -0.25) is 0 Å². The molecule has 0 spiro atoms. The minimum atomic E-state index is 0.408. The number of aromatic nitrogens is 2. The molecule has 0 unspecified atom stereocenters. The molecule has 0 fully saturated rings. The summed E-state index contributed by atoms with van der Waals surface area (Å²) in [6.45, 7) is 1.62. The van der Waals surface area contributed by atoms with Gasteiger partial charge in [0.1, 0.15) is 11.8 Å². The van der Waals surface area contributed by atoms with Gasteiger partial charge in [-0.2, -0.15) is 5.26 Å². The zero-order chi connectivity index (χ0) is 11.7. The van der Waals surface area contributed by atoms with Gasteiger partial charge in [0, 0.05) is 19.3 Å². The third kappa shape index (κ3) is 1.72. The lowest BCUT2D eigenvalue weighted by Crippen LogP contribution is -2.17. The Hall–Kier alpha value is -2.41. The third-order valence-corrected chi connectivity index (χ3v) is 2.88. The fourth-order valence-corrected chi connectivity index (χ4v) is 2.04. The van der Waals surface area contributed by atoms with E-state index in [0.29, 0.717) is 11.6 Å². The van der Waals surface area contributed by atoms with E-state index >= 15 is 0 Å². The summed E-state index contributed by atoms with van der Waals surface area (Å²) in [5.41, 5.74) is 3.02. The van der Waals surface area contributed by atoms with Crippen LogP contribution in [0.5, 0.6) is 0 Å². The number of nitrogens with zero attached hydrogens (tertiary/aromatic N) is 4. The Morgan fingerprint density at radius 1 is 1.12 bits per heavy atom. The monoisotopic (exact) mass is 222 g/mol. The van der Waals surface area contributed by atoms with Gasteiger partial charge in [0.2, 0.25) is 5.95 Å². The van der Waals surface area contributed by atoms with Crippen molar-refractivity contribution >= 4 is 5.95 Å². The normalized spacial score (nSPS) is 13.2. The lowest BCUT2D eigenvalue weighted by molar-refractivity contribution is 0.826. The predicted molar refractivity (Wildman–Crippen MR) is 63.1 cm³/mol. The molecule has 2 heterocycles. The number of fused-ring (bicyclic) bond motifs is 1. The van der Waals surface area contributed by atoms with Gasteiger partial charge in [-0.25, -0.2) is 9.97 Å². The van der Waals surface area contributed by atoms with Gasteiger partial charge in [0.15, 0.2) is 0 Å². The van der Waals surface area contributed by atoms with Crippen LogP contribution in [0.15, 0.2) is 36.5 Å². The van der Waals surface area contributed by atoms with E-state index in [1.54, 1.807) is 12.3 Å². The molecule has 0 saturated heterocycles. The smallest absolute Gasteiger partial charge is 0.227 e. The molecule has 0 radical (unpaired) electrons. The van der Waals surface area contributed by atoms with E-state index in [9.17, 15) is 0 Å². The number of rotatable bonds is 1. The average Bonchev–Trinajstić information content (AvgIpc) is 2.82. The maximum atomic E-state index is 8.82. The molecular weight excluding hydrogens is 212 g/mol. The van der Waals surface area contributed by atoms with Crippen LogP contribution in [0.4, 0.5) is 5.95 Å². The molecule has 2 aromatic rings. The van der Waals surface area contributed by atoms with Gasteiger partial charge >= 0.3 is 0 Å². The van der Waals surface area contributed by atoms with Crippen LogP contribution >= 0.6 is 0 Å². The highest BCUT2D eigenvalue weighted by Crippen LogP contribution is 2.25. The number of benzene rings is 1. The average molecular weight is 222 g/mol. The molecule has 1 aliphatic rings. The van der Waals surface area contributed by atoms with Gasteiger partial charge in [-0.1, -0.05) is 24.3 Å². The summed E-state index contributed by atoms with van der Waals surface area (Å²) < 4.78 is 0. The molecular formula is C13H10N4. The summed E-state index contributed by atoms with van der Waals surface area (Å²) in [5, 5.41) is 8.82. The molecule has 1 aromatic heterocycles. The van der Waals surface area contributed by atoms with Gasteiger partial charge in [-0.05, 0) is 17.2 Å². The Bertz CT molecular complexity index is 575. The van der Waals surface area contributed by atoms with Crippen LogP contribution in [0, 0.1) is 11.3 Å². The number of anilines is 1. The summed E-state index contributed by atoms with van der Waals surface area (Å²) in [7, 11) is 0. The highest BCUT2D eigenvalue weighted by molar-refractivity contribution is 5.44. The Labute approximate surface area is 99.2 Å². The molecule has 0 N–H and O–H groups in total. The molecule has 0 saturated carbocycles. The van der Waals surface area contributed by atoms with E-state index in [0.717, 1.165) is 13.1 Å². The van der Waals surface area contributed by atoms with Gasteiger partial charge in [0.05, 0.1) is 0 Å². The second-order valence-corrected chi connectivity index (χ2v) is 3.98. The first-order chi connectivity index (χ1) is 8.36. The van der Waals surface area contributed by atoms with E-state index in [1.165, 1.54) is 11.1 Å². The largest absolute Gasteiger partial charge is 0.332 e. The van der Waals surface area contributed by atoms with Crippen molar-refractivity contribution in [3.63, 3.8) is 0 Å². The topological polar surface area (TPSA) is 52.8 Å². The van der Waals surface area contributed by atoms with E-state index < -0.39 is 0 Å². The Kier molecular flexibility index (Phi) is 2.23. The van der Waals surface area contributed by atoms with Crippen LogP contribution in [0.1, 0.15) is 16.8 Å². The predicted octanol–water partition coefficient (Wildman–Crippen LogP) is 1.87. The van der Waals surface area contributed by atoms with E-state index in [2.05, 4.69) is 27.0 Å². The Morgan fingerprint density at radius 2 is 1.82 bits per heavy atom. The highest BCUT2D eigenvalue weighted by atomic mass is 15.3. The number of hydrogen-bond donors (Lipinski definition) is 0. The van der Waals surface area contributed by atoms with Crippen molar-refractivity contribution in [1.82, 2.24) is 9.97 Å². The van der Waals surface area contributed by atoms with Gasteiger partial charge in [-0.15, -0.1) is 0 Å². The van der Waals surface area contributed by atoms with Crippen molar-refractivity contribution in [3.05, 3.63) is 53.3 Å². The first-order valence-corrected chi connectivity index (χ1v) is 5.42. The highest BCUT2D eigenvalue weighted by Gasteiger charge is 2.20. The minimum Gasteiger partial charge on any atom is -0.332 e. The quantitative estimate of drug-likeness (QED) is 0.739. The van der Waals surface area contributed by atoms with Crippen LogP contribution < -0.4 is 4.90 Å². The van der Waals surface area contributed by atoms with Crippen LogP contribution in [-0.2, 0) is 13.1 Å². The molecule has 4 nitrogen and oxygen atoms in total. The van der Waals surface area contributed by atoms with Crippen LogP contribution in [0.25, 0.3) is 0 Å². The fraction of sp³-hybridized carbons (Fsp3) is 0.154. The lowest BCUT2D eigenvalue weighted by atomic mass is 10.1. The molecule has 4 heteroatoms. The Morgan fingerprint density at radius 3 is 2.47 bits per heavy atom. The summed E-state index contributed by atoms with van der Waals surface area (Å²) in [6, 6.07) is 12.0. The standard InChI is InChI=1S/C13H10N4/c14-7-12-5-6-15-13(16-12)17-8-10-3-1-2-4-11(10)9-17/h1-6H,8-9H2.